The van der Waals surface area contributed by atoms with Gasteiger partial charge in [0, 0.05) is 35.6 Å². The highest BCUT2D eigenvalue weighted by Gasteiger charge is 2.16. The molecule has 2 heterocycles. The maximum Gasteiger partial charge on any atom is 0.270 e. The predicted molar refractivity (Wildman–Crippen MR) is 116 cm³/mol. The summed E-state index contributed by atoms with van der Waals surface area (Å²) in [5.74, 6) is 0.804. The molecule has 0 fully saturated rings. The SMILES string of the molecule is Cc1cc(NC(=O)CSc2nc(-c3cccc([N+](=O)[O-])c3)cn2-c2ccccc2)no1. The zero-order chi connectivity index (χ0) is 21.8. The number of rotatable bonds is 7. The lowest BCUT2D eigenvalue weighted by molar-refractivity contribution is -0.384. The first kappa shape index (κ1) is 20.4. The maximum absolute atomic E-state index is 12.3. The maximum atomic E-state index is 12.3. The van der Waals surface area contributed by atoms with Gasteiger partial charge in [0.15, 0.2) is 11.0 Å². The molecule has 4 aromatic rings. The zero-order valence-electron chi connectivity index (χ0n) is 16.4. The highest BCUT2D eigenvalue weighted by Crippen LogP contribution is 2.29. The number of carbonyl (C=O) groups is 1. The van der Waals surface area contributed by atoms with Crippen molar-refractivity contribution in [2.45, 2.75) is 12.1 Å². The van der Waals surface area contributed by atoms with Crippen molar-refractivity contribution in [2.75, 3.05) is 11.1 Å². The Morgan fingerprint density at radius 2 is 2.00 bits per heavy atom. The van der Waals surface area contributed by atoms with Crippen molar-refractivity contribution in [2.24, 2.45) is 0 Å². The normalized spacial score (nSPS) is 10.7. The zero-order valence-corrected chi connectivity index (χ0v) is 17.2. The molecule has 0 aliphatic rings. The van der Waals surface area contributed by atoms with Crippen molar-refractivity contribution in [3.8, 4) is 16.9 Å². The number of non-ortho nitro benzene ring substituents is 1. The molecule has 0 saturated heterocycles. The van der Waals surface area contributed by atoms with E-state index in [2.05, 4.69) is 15.5 Å². The lowest BCUT2D eigenvalue weighted by Gasteiger charge is -2.06. The van der Waals surface area contributed by atoms with Gasteiger partial charge in [0.1, 0.15) is 5.76 Å². The second-order valence-corrected chi connectivity index (χ2v) is 7.52. The molecule has 0 radical (unpaired) electrons. The van der Waals surface area contributed by atoms with Crippen LogP contribution in [0.3, 0.4) is 0 Å². The lowest BCUT2D eigenvalue weighted by Crippen LogP contribution is -2.14. The molecule has 0 spiro atoms. The number of nitrogens with zero attached hydrogens (tertiary/aromatic N) is 4. The van der Waals surface area contributed by atoms with E-state index >= 15 is 0 Å². The summed E-state index contributed by atoms with van der Waals surface area (Å²) >= 11 is 1.25. The fraction of sp³-hybridized carbons (Fsp3) is 0.0952. The molecule has 9 nitrogen and oxygen atoms in total. The van der Waals surface area contributed by atoms with Crippen molar-refractivity contribution in [3.63, 3.8) is 0 Å². The molecule has 0 saturated carbocycles. The molecule has 156 valence electrons. The fourth-order valence-corrected chi connectivity index (χ4v) is 3.68. The molecule has 0 atom stereocenters. The molecule has 0 bridgehead atoms. The molecule has 4 rings (SSSR count). The molecule has 1 N–H and O–H groups in total. The smallest absolute Gasteiger partial charge is 0.270 e. The Balaban J connectivity index is 1.60. The Morgan fingerprint density at radius 1 is 1.19 bits per heavy atom. The summed E-state index contributed by atoms with van der Waals surface area (Å²) in [5.41, 5.74) is 2.04. The average Bonchev–Trinajstić information content (AvgIpc) is 3.39. The fourth-order valence-electron chi connectivity index (χ4n) is 2.89. The third kappa shape index (κ3) is 4.81. The summed E-state index contributed by atoms with van der Waals surface area (Å²) in [6.07, 6.45) is 1.80. The van der Waals surface area contributed by atoms with E-state index in [1.165, 1.54) is 23.9 Å². The summed E-state index contributed by atoms with van der Waals surface area (Å²) in [7, 11) is 0. The summed E-state index contributed by atoms with van der Waals surface area (Å²) in [5, 5.41) is 18.1. The number of nitro groups is 1. The molecule has 0 unspecified atom stereocenters. The lowest BCUT2D eigenvalue weighted by atomic mass is 10.1. The van der Waals surface area contributed by atoms with Crippen LogP contribution < -0.4 is 5.32 Å². The number of aromatic nitrogens is 3. The summed E-state index contributed by atoms with van der Waals surface area (Å²) in [6, 6.07) is 17.5. The number of hydrogen-bond acceptors (Lipinski definition) is 7. The van der Waals surface area contributed by atoms with Gasteiger partial charge in [0.25, 0.3) is 5.69 Å². The molecular formula is C21H17N5O4S. The van der Waals surface area contributed by atoms with E-state index in [-0.39, 0.29) is 17.3 Å². The highest BCUT2D eigenvalue weighted by molar-refractivity contribution is 7.99. The monoisotopic (exact) mass is 435 g/mol. The first-order valence-corrected chi connectivity index (χ1v) is 10.2. The van der Waals surface area contributed by atoms with E-state index in [1.54, 1.807) is 31.3 Å². The van der Waals surface area contributed by atoms with Crippen LogP contribution in [0.15, 0.2) is 76.5 Å². The van der Waals surface area contributed by atoms with Gasteiger partial charge in [0.2, 0.25) is 5.91 Å². The van der Waals surface area contributed by atoms with E-state index in [0.29, 0.717) is 28.0 Å². The van der Waals surface area contributed by atoms with Crippen LogP contribution >= 0.6 is 11.8 Å². The molecule has 10 heteroatoms. The molecule has 1 amide bonds. The van der Waals surface area contributed by atoms with Gasteiger partial charge in [-0.1, -0.05) is 47.3 Å². The number of thioether (sulfide) groups is 1. The average molecular weight is 435 g/mol. The van der Waals surface area contributed by atoms with Gasteiger partial charge in [-0.25, -0.2) is 4.98 Å². The van der Waals surface area contributed by atoms with Crippen LogP contribution in [0.5, 0.6) is 0 Å². The summed E-state index contributed by atoms with van der Waals surface area (Å²) in [6.45, 7) is 1.74. The van der Waals surface area contributed by atoms with Crippen LogP contribution in [-0.4, -0.2) is 31.3 Å². The van der Waals surface area contributed by atoms with Gasteiger partial charge in [0.05, 0.1) is 16.4 Å². The second-order valence-electron chi connectivity index (χ2n) is 6.58. The standard InChI is InChI=1S/C21H17N5O4S/c1-14-10-19(24-30-14)23-20(27)13-31-21-22-18(12-25(21)16-7-3-2-4-8-16)15-6-5-9-17(11-15)26(28)29/h2-12H,13H2,1H3,(H,23,24,27). The van der Waals surface area contributed by atoms with E-state index in [4.69, 9.17) is 4.52 Å². The second kappa shape index (κ2) is 8.84. The van der Waals surface area contributed by atoms with Gasteiger partial charge in [-0.15, -0.1) is 0 Å². The van der Waals surface area contributed by atoms with Gasteiger partial charge in [-0.3, -0.25) is 19.5 Å². The number of hydrogen-bond donors (Lipinski definition) is 1. The largest absolute Gasteiger partial charge is 0.360 e. The number of imidazole rings is 1. The van der Waals surface area contributed by atoms with E-state index in [1.807, 2.05) is 34.9 Å². The van der Waals surface area contributed by atoms with Crippen molar-refractivity contribution < 1.29 is 14.2 Å². The van der Waals surface area contributed by atoms with Gasteiger partial charge in [-0.2, -0.15) is 0 Å². The Kier molecular flexibility index (Phi) is 5.80. The van der Waals surface area contributed by atoms with Crippen LogP contribution in [-0.2, 0) is 4.79 Å². The Hall–Kier alpha value is -3.92. The van der Waals surface area contributed by atoms with Gasteiger partial charge >= 0.3 is 0 Å². The number of benzene rings is 2. The predicted octanol–water partition coefficient (Wildman–Crippen LogP) is 4.47. The summed E-state index contributed by atoms with van der Waals surface area (Å²) < 4.78 is 6.80. The minimum atomic E-state index is -0.441. The van der Waals surface area contributed by atoms with Crippen molar-refractivity contribution >= 4 is 29.2 Å². The van der Waals surface area contributed by atoms with Crippen LogP contribution in [0.2, 0.25) is 0 Å². The van der Waals surface area contributed by atoms with E-state index in [9.17, 15) is 14.9 Å². The van der Waals surface area contributed by atoms with Gasteiger partial charge in [-0.05, 0) is 19.1 Å². The van der Waals surface area contributed by atoms with Crippen LogP contribution in [0.25, 0.3) is 16.9 Å². The van der Waals surface area contributed by atoms with Crippen molar-refractivity contribution in [3.05, 3.63) is 82.7 Å². The van der Waals surface area contributed by atoms with Crippen molar-refractivity contribution in [1.82, 2.24) is 14.7 Å². The van der Waals surface area contributed by atoms with E-state index in [0.717, 1.165) is 5.69 Å². The Bertz CT molecular complexity index is 1240. The minimum absolute atomic E-state index is 0.0109. The molecule has 2 aromatic carbocycles. The molecular weight excluding hydrogens is 418 g/mol. The highest BCUT2D eigenvalue weighted by atomic mass is 32.2. The third-order valence-electron chi connectivity index (χ3n) is 4.29. The van der Waals surface area contributed by atoms with Gasteiger partial charge < -0.3 is 9.84 Å². The topological polar surface area (TPSA) is 116 Å². The van der Waals surface area contributed by atoms with Crippen LogP contribution in [0.4, 0.5) is 11.5 Å². The molecule has 0 aliphatic carbocycles. The number of anilines is 1. The first-order valence-electron chi connectivity index (χ1n) is 9.25. The van der Waals surface area contributed by atoms with Crippen LogP contribution in [0, 0.1) is 17.0 Å². The first-order chi connectivity index (χ1) is 15.0. The number of nitrogens with one attached hydrogen (secondary N) is 1. The molecule has 31 heavy (non-hydrogen) atoms. The summed E-state index contributed by atoms with van der Waals surface area (Å²) in [4.78, 5) is 27.6. The number of carbonyl (C=O) groups excluding carboxylic acids is 1. The molecule has 2 aromatic heterocycles. The number of nitro benzene ring substituents is 1. The number of para-hydroxylation sites is 1. The van der Waals surface area contributed by atoms with Crippen LogP contribution in [0.1, 0.15) is 5.76 Å². The van der Waals surface area contributed by atoms with Crippen molar-refractivity contribution in [1.29, 1.82) is 0 Å². The molecule has 0 aliphatic heterocycles. The number of aryl methyl sites for hydroxylation is 1. The Labute approximate surface area is 181 Å². The third-order valence-corrected chi connectivity index (χ3v) is 5.24. The van der Waals surface area contributed by atoms with E-state index < -0.39 is 4.92 Å². The quantitative estimate of drug-likeness (QED) is 0.258. The number of amides is 1. The minimum Gasteiger partial charge on any atom is -0.360 e. The Morgan fingerprint density at radius 3 is 2.71 bits per heavy atom.